The molecule has 5 nitrogen and oxygen atoms in total. The summed E-state index contributed by atoms with van der Waals surface area (Å²) in [6, 6.07) is 8.04. The largest absolute Gasteiger partial charge is 0.598 e. The standard InChI is InChI=1S/C21H21ClF3N3O2S2/c1-20(2,3)18-10-13(6-7-26-18)19-27-17(12-31-19)15-5-4-14(11-16(15)22)28(8-9-29)32(30)21(23,24)25/h4-7,10-12,29H,8-9H2,1-3H3. The molecular weight excluding hydrogens is 483 g/mol. The minimum Gasteiger partial charge on any atom is -0.585 e. The molecule has 0 spiro atoms. The highest BCUT2D eigenvalue weighted by molar-refractivity contribution is 7.93. The Morgan fingerprint density at radius 2 is 1.91 bits per heavy atom. The van der Waals surface area contributed by atoms with E-state index in [-0.39, 0.29) is 16.1 Å². The summed E-state index contributed by atoms with van der Waals surface area (Å²) in [5.41, 5.74) is -2.15. The number of rotatable bonds is 6. The smallest absolute Gasteiger partial charge is 0.585 e. The molecule has 1 aromatic carbocycles. The molecule has 172 valence electrons. The summed E-state index contributed by atoms with van der Waals surface area (Å²) in [6.07, 6.45) is 1.73. The first-order valence-electron chi connectivity index (χ1n) is 9.51. The number of hydrogen-bond donors (Lipinski definition) is 1. The third kappa shape index (κ3) is 5.55. The summed E-state index contributed by atoms with van der Waals surface area (Å²) in [5.74, 6) is 0. The molecule has 2 aromatic heterocycles. The summed E-state index contributed by atoms with van der Waals surface area (Å²) < 4.78 is 51.2. The highest BCUT2D eigenvalue weighted by Crippen LogP contribution is 2.37. The topological polar surface area (TPSA) is 72.3 Å². The highest BCUT2D eigenvalue weighted by atomic mass is 35.5. The molecule has 0 amide bonds. The van der Waals surface area contributed by atoms with E-state index >= 15 is 0 Å². The molecule has 0 fully saturated rings. The fraction of sp³-hybridized carbons (Fsp3) is 0.333. The SMILES string of the molecule is CC(C)(C)c1cc(-c2nc(-c3ccc(N(CCO)[S+]([O-])C(F)(F)F)cc3Cl)cs2)ccn1. The molecule has 0 saturated heterocycles. The monoisotopic (exact) mass is 503 g/mol. The van der Waals surface area contributed by atoms with Crippen LogP contribution in [0.1, 0.15) is 26.5 Å². The average Bonchev–Trinajstić information content (AvgIpc) is 3.20. The molecule has 11 heteroatoms. The van der Waals surface area contributed by atoms with Gasteiger partial charge in [-0.2, -0.15) is 4.31 Å². The number of pyridine rings is 1. The maximum Gasteiger partial charge on any atom is 0.598 e. The third-order valence-corrected chi connectivity index (χ3v) is 6.89. The van der Waals surface area contributed by atoms with Crippen LogP contribution >= 0.6 is 22.9 Å². The number of halogens is 4. The second-order valence-corrected chi connectivity index (χ2v) is 10.6. The van der Waals surface area contributed by atoms with Crippen LogP contribution in [0.3, 0.4) is 0 Å². The molecule has 1 atom stereocenters. The molecule has 0 aliphatic carbocycles. The Kier molecular flexibility index (Phi) is 7.41. The van der Waals surface area contributed by atoms with Crippen molar-refractivity contribution in [2.24, 2.45) is 0 Å². The molecule has 3 aromatic rings. The van der Waals surface area contributed by atoms with E-state index in [1.165, 1.54) is 29.5 Å². The number of aliphatic hydroxyl groups is 1. The number of benzene rings is 1. The van der Waals surface area contributed by atoms with Gasteiger partial charge in [-0.1, -0.05) is 32.4 Å². The van der Waals surface area contributed by atoms with Crippen molar-refractivity contribution in [1.82, 2.24) is 9.97 Å². The van der Waals surface area contributed by atoms with E-state index in [9.17, 15) is 17.7 Å². The fourth-order valence-corrected chi connectivity index (χ4v) is 4.79. The van der Waals surface area contributed by atoms with E-state index in [1.807, 2.05) is 17.5 Å². The van der Waals surface area contributed by atoms with Gasteiger partial charge in [-0.05, 0) is 30.3 Å². The van der Waals surface area contributed by atoms with Gasteiger partial charge in [0.05, 0.1) is 29.6 Å². The molecule has 2 heterocycles. The molecule has 1 unspecified atom stereocenters. The zero-order valence-electron chi connectivity index (χ0n) is 17.5. The van der Waals surface area contributed by atoms with Gasteiger partial charge in [0.25, 0.3) is 0 Å². The Balaban J connectivity index is 1.92. The number of thiazole rings is 1. The summed E-state index contributed by atoms with van der Waals surface area (Å²) in [4.78, 5) is 9.05. The summed E-state index contributed by atoms with van der Waals surface area (Å²) >= 11 is 4.45. The van der Waals surface area contributed by atoms with Crippen LogP contribution in [0.5, 0.6) is 0 Å². The summed E-state index contributed by atoms with van der Waals surface area (Å²) in [6.45, 7) is 5.15. The van der Waals surface area contributed by atoms with Crippen LogP contribution in [0.15, 0.2) is 41.9 Å². The molecule has 32 heavy (non-hydrogen) atoms. The first-order chi connectivity index (χ1) is 14.9. The molecular formula is C21H21ClF3N3O2S2. The molecule has 0 aliphatic rings. The Morgan fingerprint density at radius 1 is 1.19 bits per heavy atom. The minimum absolute atomic E-state index is 0.0112. The lowest BCUT2D eigenvalue weighted by molar-refractivity contribution is -0.0438. The van der Waals surface area contributed by atoms with Crippen molar-refractivity contribution in [3.8, 4) is 21.8 Å². The lowest BCUT2D eigenvalue weighted by atomic mass is 9.91. The van der Waals surface area contributed by atoms with E-state index in [4.69, 9.17) is 16.7 Å². The number of hydrogen-bond acceptors (Lipinski definition) is 6. The number of anilines is 1. The fourth-order valence-electron chi connectivity index (χ4n) is 2.89. The number of aliphatic hydroxyl groups excluding tert-OH is 1. The van der Waals surface area contributed by atoms with Crippen LogP contribution in [-0.2, 0) is 16.8 Å². The average molecular weight is 504 g/mol. The van der Waals surface area contributed by atoms with E-state index in [0.29, 0.717) is 15.6 Å². The Bertz CT molecular complexity index is 1090. The zero-order valence-corrected chi connectivity index (χ0v) is 19.9. The van der Waals surface area contributed by atoms with Crippen LogP contribution in [0.4, 0.5) is 18.9 Å². The maximum atomic E-state index is 12.9. The van der Waals surface area contributed by atoms with Crippen LogP contribution in [0.25, 0.3) is 21.8 Å². The van der Waals surface area contributed by atoms with Crippen molar-refractivity contribution in [3.63, 3.8) is 0 Å². The van der Waals surface area contributed by atoms with E-state index in [1.54, 1.807) is 6.20 Å². The van der Waals surface area contributed by atoms with Crippen molar-refractivity contribution >= 4 is 40.0 Å². The summed E-state index contributed by atoms with van der Waals surface area (Å²) in [7, 11) is 0. The van der Waals surface area contributed by atoms with Crippen LogP contribution in [-0.4, -0.2) is 38.3 Å². The first kappa shape index (κ1) is 24.8. The van der Waals surface area contributed by atoms with Crippen molar-refractivity contribution in [1.29, 1.82) is 0 Å². The van der Waals surface area contributed by atoms with Gasteiger partial charge >= 0.3 is 5.51 Å². The predicted octanol–water partition coefficient (Wildman–Crippen LogP) is 5.81. The Labute approximate surface area is 196 Å². The molecule has 3 rings (SSSR count). The van der Waals surface area contributed by atoms with Crippen molar-refractivity contribution in [2.75, 3.05) is 17.5 Å². The van der Waals surface area contributed by atoms with Crippen molar-refractivity contribution in [2.45, 2.75) is 31.7 Å². The number of alkyl halides is 3. The first-order valence-corrected chi connectivity index (χ1v) is 11.9. The van der Waals surface area contributed by atoms with E-state index in [0.717, 1.165) is 16.3 Å². The van der Waals surface area contributed by atoms with Crippen LogP contribution in [0.2, 0.25) is 5.02 Å². The molecule has 1 N–H and O–H groups in total. The van der Waals surface area contributed by atoms with Gasteiger partial charge in [-0.3, -0.25) is 4.98 Å². The quantitative estimate of drug-likeness (QED) is 0.430. The molecule has 0 saturated carbocycles. The van der Waals surface area contributed by atoms with Gasteiger partial charge in [0.15, 0.2) is 11.4 Å². The molecule has 0 bridgehead atoms. The molecule has 0 radical (unpaired) electrons. The van der Waals surface area contributed by atoms with E-state index < -0.39 is 30.0 Å². The lowest BCUT2D eigenvalue weighted by Gasteiger charge is -2.26. The zero-order chi connectivity index (χ0) is 23.7. The van der Waals surface area contributed by atoms with Gasteiger partial charge in [-0.15, -0.1) is 24.5 Å². The Hall–Kier alpha value is -1.85. The lowest BCUT2D eigenvalue weighted by Crippen LogP contribution is -2.42. The minimum atomic E-state index is -4.96. The second kappa shape index (κ2) is 9.56. The van der Waals surface area contributed by atoms with Crippen molar-refractivity contribution in [3.05, 3.63) is 52.6 Å². The maximum absolute atomic E-state index is 12.9. The predicted molar refractivity (Wildman–Crippen MR) is 123 cm³/mol. The summed E-state index contributed by atoms with van der Waals surface area (Å²) in [5, 5.41) is 11.8. The van der Waals surface area contributed by atoms with E-state index in [2.05, 4.69) is 30.7 Å². The van der Waals surface area contributed by atoms with Crippen LogP contribution < -0.4 is 4.31 Å². The van der Waals surface area contributed by atoms with Crippen LogP contribution in [0, 0.1) is 0 Å². The normalized spacial score (nSPS) is 13.3. The van der Waals surface area contributed by atoms with Gasteiger partial charge in [0.2, 0.25) is 0 Å². The van der Waals surface area contributed by atoms with Crippen molar-refractivity contribution < 1.29 is 22.8 Å². The third-order valence-electron chi connectivity index (χ3n) is 4.50. The van der Waals surface area contributed by atoms with Gasteiger partial charge < -0.3 is 9.66 Å². The second-order valence-electron chi connectivity index (χ2n) is 7.90. The van der Waals surface area contributed by atoms with Gasteiger partial charge in [0, 0.05) is 33.8 Å². The van der Waals surface area contributed by atoms with Gasteiger partial charge in [0.1, 0.15) is 5.01 Å². The van der Waals surface area contributed by atoms with Gasteiger partial charge in [-0.25, -0.2) is 4.98 Å². The number of aromatic nitrogens is 2. The highest BCUT2D eigenvalue weighted by Gasteiger charge is 2.50. The Morgan fingerprint density at radius 3 is 2.50 bits per heavy atom. The number of nitrogens with zero attached hydrogens (tertiary/aromatic N) is 3. The molecule has 0 aliphatic heterocycles.